The van der Waals surface area contributed by atoms with Crippen LogP contribution < -0.4 is 5.32 Å². The smallest absolute Gasteiger partial charge is 0.216 e. The van der Waals surface area contributed by atoms with Crippen LogP contribution in [-0.4, -0.2) is 80.8 Å². The fourth-order valence-corrected chi connectivity index (χ4v) is 3.13. The Morgan fingerprint density at radius 2 is 2.00 bits per heavy atom. The molecule has 2 rings (SSSR count). The van der Waals surface area contributed by atoms with Crippen LogP contribution >= 0.6 is 0 Å². The fraction of sp³-hybridized carbons (Fsp3) is 0.909. The molecule has 2 saturated heterocycles. The van der Waals surface area contributed by atoms with Crippen molar-refractivity contribution >= 4 is 5.91 Å². The summed E-state index contributed by atoms with van der Waals surface area (Å²) in [6.07, 6.45) is -2.50. The third kappa shape index (κ3) is 2.12. The molecule has 7 heteroatoms. The highest BCUT2D eigenvalue weighted by molar-refractivity contribution is 5.72. The zero-order chi connectivity index (χ0) is 13.4. The van der Waals surface area contributed by atoms with Gasteiger partial charge in [-0.25, -0.2) is 0 Å². The van der Waals surface area contributed by atoms with E-state index in [2.05, 4.69) is 5.32 Å². The van der Waals surface area contributed by atoms with Gasteiger partial charge in [-0.2, -0.15) is 0 Å². The Bertz CT molecular complexity index is 327. The molecular weight excluding hydrogens is 240 g/mol. The Morgan fingerprint density at radius 3 is 2.56 bits per heavy atom. The van der Waals surface area contributed by atoms with Gasteiger partial charge in [-0.05, 0) is 6.42 Å². The predicted octanol–water partition coefficient (Wildman–Crippen LogP) is -2.98. The van der Waals surface area contributed by atoms with Gasteiger partial charge < -0.3 is 25.7 Å². The van der Waals surface area contributed by atoms with E-state index < -0.39 is 30.4 Å². The molecule has 0 spiro atoms. The number of nitrogens with zero attached hydrogens (tertiary/aromatic N) is 1. The normalized spacial score (nSPS) is 44.1. The van der Waals surface area contributed by atoms with E-state index in [1.54, 1.807) is 4.90 Å². The number of amides is 1. The lowest BCUT2D eigenvalue weighted by atomic mass is 10.0. The highest BCUT2D eigenvalue weighted by atomic mass is 16.3. The minimum atomic E-state index is -1.06. The molecule has 0 aliphatic carbocycles. The van der Waals surface area contributed by atoms with E-state index in [4.69, 9.17) is 0 Å². The Morgan fingerprint density at radius 1 is 1.33 bits per heavy atom. The summed E-state index contributed by atoms with van der Waals surface area (Å²) >= 11 is 0. The molecule has 0 unspecified atom stereocenters. The average Bonchev–Trinajstić information content (AvgIpc) is 2.76. The topological polar surface area (TPSA) is 113 Å². The molecule has 104 valence electrons. The summed E-state index contributed by atoms with van der Waals surface area (Å²) in [6.45, 7) is 1.41. The van der Waals surface area contributed by atoms with Crippen LogP contribution in [0.15, 0.2) is 0 Å². The molecule has 0 bridgehead atoms. The number of hydrogen-bond donors (Lipinski definition) is 5. The molecule has 0 aromatic heterocycles. The maximum Gasteiger partial charge on any atom is 0.216 e. The molecule has 0 aromatic carbocycles. The summed E-state index contributed by atoms with van der Waals surface area (Å²) in [7, 11) is 0. The number of aliphatic hydroxyl groups is 4. The third-order valence-electron chi connectivity index (χ3n) is 3.92. The summed E-state index contributed by atoms with van der Waals surface area (Å²) in [4.78, 5) is 12.7. The van der Waals surface area contributed by atoms with Crippen molar-refractivity contribution in [2.75, 3.05) is 13.2 Å². The van der Waals surface area contributed by atoms with E-state index in [9.17, 15) is 25.2 Å². The molecule has 2 aliphatic heterocycles. The molecule has 18 heavy (non-hydrogen) atoms. The van der Waals surface area contributed by atoms with Gasteiger partial charge in [-0.15, -0.1) is 0 Å². The summed E-state index contributed by atoms with van der Waals surface area (Å²) in [5.41, 5.74) is 0. The van der Waals surface area contributed by atoms with Gasteiger partial charge in [0.1, 0.15) is 0 Å². The van der Waals surface area contributed by atoms with Crippen LogP contribution in [0.1, 0.15) is 13.3 Å². The zero-order valence-electron chi connectivity index (χ0n) is 10.2. The Kier molecular flexibility index (Phi) is 3.88. The number of rotatable bonds is 3. The highest BCUT2D eigenvalue weighted by Crippen LogP contribution is 2.37. The van der Waals surface area contributed by atoms with Crippen molar-refractivity contribution in [3.8, 4) is 0 Å². The second kappa shape index (κ2) is 5.10. The van der Waals surface area contributed by atoms with Crippen LogP contribution in [0, 0.1) is 0 Å². The lowest BCUT2D eigenvalue weighted by molar-refractivity contribution is -0.119. The summed E-state index contributed by atoms with van der Waals surface area (Å²) in [6, 6.07) is -1.35. The molecule has 2 aliphatic rings. The van der Waals surface area contributed by atoms with Gasteiger partial charge in [0.05, 0.1) is 37.0 Å². The van der Waals surface area contributed by atoms with Crippen LogP contribution in [0.3, 0.4) is 0 Å². The number of aliphatic hydroxyl groups excluding tert-OH is 4. The van der Waals surface area contributed by atoms with Crippen molar-refractivity contribution in [3.63, 3.8) is 0 Å². The van der Waals surface area contributed by atoms with Crippen molar-refractivity contribution in [1.82, 2.24) is 10.2 Å². The van der Waals surface area contributed by atoms with Crippen LogP contribution in [0.25, 0.3) is 0 Å². The quantitative estimate of drug-likeness (QED) is 0.370. The molecule has 0 saturated carbocycles. The second-order valence-electron chi connectivity index (χ2n) is 5.06. The first-order chi connectivity index (χ1) is 8.47. The molecule has 1 amide bonds. The van der Waals surface area contributed by atoms with E-state index >= 15 is 0 Å². The summed E-state index contributed by atoms with van der Waals surface area (Å²) in [5.74, 6) is -0.222. The first-order valence-corrected chi connectivity index (χ1v) is 6.14. The number of hydrogen-bond acceptors (Lipinski definition) is 6. The van der Waals surface area contributed by atoms with Gasteiger partial charge in [-0.3, -0.25) is 9.69 Å². The molecule has 7 nitrogen and oxygen atoms in total. The Hall–Kier alpha value is -0.730. The van der Waals surface area contributed by atoms with Crippen LogP contribution in [0.2, 0.25) is 0 Å². The van der Waals surface area contributed by atoms with Gasteiger partial charge >= 0.3 is 0 Å². The van der Waals surface area contributed by atoms with Crippen LogP contribution in [0.4, 0.5) is 0 Å². The van der Waals surface area contributed by atoms with Gasteiger partial charge in [0, 0.05) is 19.5 Å². The van der Waals surface area contributed by atoms with E-state index in [1.807, 2.05) is 0 Å². The van der Waals surface area contributed by atoms with Gasteiger partial charge in [0.2, 0.25) is 5.91 Å². The monoisotopic (exact) mass is 260 g/mol. The van der Waals surface area contributed by atoms with E-state index in [0.29, 0.717) is 6.42 Å². The molecule has 5 N–H and O–H groups in total. The van der Waals surface area contributed by atoms with E-state index in [-0.39, 0.29) is 25.1 Å². The van der Waals surface area contributed by atoms with Crippen molar-refractivity contribution < 1.29 is 25.2 Å². The van der Waals surface area contributed by atoms with Crippen molar-refractivity contribution in [1.29, 1.82) is 0 Å². The minimum Gasteiger partial charge on any atom is -0.395 e. The number of carbonyl (C=O) groups excluding carboxylic acids is 1. The minimum absolute atomic E-state index is 0.149. The van der Waals surface area contributed by atoms with Gasteiger partial charge in [0.15, 0.2) is 0 Å². The summed E-state index contributed by atoms with van der Waals surface area (Å²) in [5, 5.41) is 41.7. The molecule has 2 fully saturated rings. The molecule has 2 heterocycles. The maximum absolute atomic E-state index is 10.9. The number of nitrogens with one attached hydrogen (secondary N) is 1. The summed E-state index contributed by atoms with van der Waals surface area (Å²) < 4.78 is 0. The SMILES string of the molecule is CC(=O)NC[C@H]1[C@H](O)[C@H](O)[C@@H]2[C@H](O)C[C@@H](CO)N21. The lowest BCUT2D eigenvalue weighted by Gasteiger charge is -2.29. The standard InChI is InChI=1S/C11H20N2O5/c1-5(15)12-3-7-10(17)11(18)9-8(16)2-6(4-14)13(7)9/h6-11,14,16-18H,2-4H2,1H3,(H,12,15)/t6-,7-,8+,9-,10-,11+/m0/s1. The zero-order valence-corrected chi connectivity index (χ0v) is 10.2. The number of fused-ring (bicyclic) bond motifs is 1. The average molecular weight is 260 g/mol. The van der Waals surface area contributed by atoms with Crippen LogP contribution in [0.5, 0.6) is 0 Å². The van der Waals surface area contributed by atoms with Gasteiger partial charge in [0.25, 0.3) is 0 Å². The second-order valence-corrected chi connectivity index (χ2v) is 5.06. The fourth-order valence-electron chi connectivity index (χ4n) is 3.13. The van der Waals surface area contributed by atoms with Crippen molar-refractivity contribution in [3.05, 3.63) is 0 Å². The molecule has 0 aromatic rings. The maximum atomic E-state index is 10.9. The van der Waals surface area contributed by atoms with E-state index in [1.165, 1.54) is 6.92 Å². The highest BCUT2D eigenvalue weighted by Gasteiger charge is 2.56. The number of carbonyl (C=O) groups is 1. The molecular formula is C11H20N2O5. The Labute approximate surface area is 105 Å². The largest absolute Gasteiger partial charge is 0.395 e. The Balaban J connectivity index is 2.15. The van der Waals surface area contributed by atoms with E-state index in [0.717, 1.165) is 0 Å². The van der Waals surface area contributed by atoms with Gasteiger partial charge in [-0.1, -0.05) is 0 Å². The first-order valence-electron chi connectivity index (χ1n) is 6.14. The lowest BCUT2D eigenvalue weighted by Crippen LogP contribution is -2.49. The predicted molar refractivity (Wildman–Crippen MR) is 61.6 cm³/mol. The van der Waals surface area contributed by atoms with Crippen LogP contribution in [-0.2, 0) is 4.79 Å². The molecule has 0 radical (unpaired) electrons. The third-order valence-corrected chi connectivity index (χ3v) is 3.92. The van der Waals surface area contributed by atoms with Crippen molar-refractivity contribution in [2.24, 2.45) is 0 Å². The van der Waals surface area contributed by atoms with Crippen molar-refractivity contribution in [2.45, 2.75) is 49.8 Å². The molecule has 6 atom stereocenters. The first kappa shape index (κ1) is 13.7.